The van der Waals surface area contributed by atoms with E-state index in [1.807, 2.05) is 0 Å². The van der Waals surface area contributed by atoms with Gasteiger partial charge >= 0.3 is 5.97 Å². The summed E-state index contributed by atoms with van der Waals surface area (Å²) in [5, 5.41) is 0.476. The summed E-state index contributed by atoms with van der Waals surface area (Å²) in [6.45, 7) is 1.70. The highest BCUT2D eigenvalue weighted by Gasteiger charge is 2.33. The fourth-order valence-corrected chi connectivity index (χ4v) is 1.14. The van der Waals surface area contributed by atoms with Gasteiger partial charge < -0.3 is 4.74 Å². The average Bonchev–Trinajstić information content (AvgIpc) is 2.11. The molecule has 0 aliphatic heterocycles. The van der Waals surface area contributed by atoms with Crippen LogP contribution in [-0.2, 0) is 4.79 Å². The Morgan fingerprint density at radius 2 is 1.93 bits per heavy atom. The smallest absolute Gasteiger partial charge is 0.363 e. The first-order valence-corrected chi connectivity index (χ1v) is 5.37. The van der Waals surface area contributed by atoms with E-state index in [0.717, 1.165) is 0 Å². The summed E-state index contributed by atoms with van der Waals surface area (Å²) in [4.78, 5) is 11.2. The molecule has 0 unspecified atom stereocenters. The van der Waals surface area contributed by atoms with Gasteiger partial charge in [-0.25, -0.2) is 4.79 Å². The van der Waals surface area contributed by atoms with Gasteiger partial charge in [-0.1, -0.05) is 52.5 Å². The van der Waals surface area contributed by atoms with Crippen molar-refractivity contribution in [2.24, 2.45) is 0 Å². The van der Waals surface area contributed by atoms with Crippen molar-refractivity contribution in [3.63, 3.8) is 0 Å². The minimum atomic E-state index is -2.09. The van der Waals surface area contributed by atoms with Crippen molar-refractivity contribution < 1.29 is 9.53 Å². The third kappa shape index (κ3) is 3.42. The highest BCUT2D eigenvalue weighted by molar-refractivity contribution is 6.75. The molecule has 0 aliphatic rings. The van der Waals surface area contributed by atoms with Gasteiger partial charge in [-0.05, 0) is 19.1 Å². The Balaban J connectivity index is 2.91. The molecule has 0 amide bonds. The van der Waals surface area contributed by atoms with E-state index in [1.165, 1.54) is 0 Å². The summed E-state index contributed by atoms with van der Waals surface area (Å²) >= 11 is 21.9. The van der Waals surface area contributed by atoms with Gasteiger partial charge in [0.2, 0.25) is 0 Å². The van der Waals surface area contributed by atoms with E-state index in [9.17, 15) is 4.79 Å². The van der Waals surface area contributed by atoms with E-state index in [2.05, 4.69) is 0 Å². The molecule has 2 nitrogen and oxygen atoms in total. The Kier molecular flexibility index (Phi) is 4.13. The maximum atomic E-state index is 11.2. The van der Waals surface area contributed by atoms with Crippen molar-refractivity contribution in [2.75, 3.05) is 0 Å². The zero-order valence-corrected chi connectivity index (χ0v) is 10.6. The lowest BCUT2D eigenvalue weighted by Gasteiger charge is -2.12. The molecule has 0 radical (unpaired) electrons. The summed E-state index contributed by atoms with van der Waals surface area (Å²) in [7, 11) is 0. The number of carbonyl (C=O) groups excluding carboxylic acids is 1. The summed E-state index contributed by atoms with van der Waals surface area (Å²) in [5.41, 5.74) is 0.613. The van der Waals surface area contributed by atoms with E-state index < -0.39 is 9.76 Å². The molecule has 0 N–H and O–H groups in total. The van der Waals surface area contributed by atoms with Crippen molar-refractivity contribution in [2.45, 2.75) is 10.7 Å². The van der Waals surface area contributed by atoms with Gasteiger partial charge in [-0.3, -0.25) is 0 Å². The molecule has 0 atom stereocenters. The van der Waals surface area contributed by atoms with Gasteiger partial charge in [0.15, 0.2) is 0 Å². The molecule has 1 aromatic carbocycles. The Morgan fingerprint density at radius 3 is 2.47 bits per heavy atom. The molecule has 6 heteroatoms. The van der Waals surface area contributed by atoms with Crippen LogP contribution in [0.5, 0.6) is 5.75 Å². The SMILES string of the molecule is Cc1c(Cl)cccc1OC(=O)C(Cl)(Cl)Cl. The lowest BCUT2D eigenvalue weighted by molar-refractivity contribution is -0.133. The van der Waals surface area contributed by atoms with Crippen LogP contribution >= 0.6 is 46.4 Å². The van der Waals surface area contributed by atoms with E-state index in [0.29, 0.717) is 10.6 Å². The molecule has 1 aromatic rings. The number of carbonyl (C=O) groups is 1. The molecule has 0 spiro atoms. The van der Waals surface area contributed by atoms with Crippen molar-refractivity contribution in [1.82, 2.24) is 0 Å². The fourth-order valence-electron chi connectivity index (χ4n) is 0.856. The third-order valence-electron chi connectivity index (χ3n) is 1.65. The quantitative estimate of drug-likeness (QED) is 0.444. The van der Waals surface area contributed by atoms with E-state index in [1.54, 1.807) is 25.1 Å². The molecule has 0 aromatic heterocycles. The molecule has 15 heavy (non-hydrogen) atoms. The third-order valence-corrected chi connectivity index (χ3v) is 2.52. The van der Waals surface area contributed by atoms with Crippen LogP contribution in [0.1, 0.15) is 5.56 Å². The topological polar surface area (TPSA) is 26.3 Å². The van der Waals surface area contributed by atoms with Crippen molar-refractivity contribution in [3.8, 4) is 5.75 Å². The fraction of sp³-hybridized carbons (Fsp3) is 0.222. The lowest BCUT2D eigenvalue weighted by atomic mass is 10.2. The highest BCUT2D eigenvalue weighted by atomic mass is 35.6. The van der Waals surface area contributed by atoms with Crippen LogP contribution in [-0.4, -0.2) is 9.76 Å². The largest absolute Gasteiger partial charge is 0.423 e. The number of rotatable bonds is 1. The summed E-state index contributed by atoms with van der Waals surface area (Å²) in [6, 6.07) is 4.87. The van der Waals surface area contributed by atoms with Crippen molar-refractivity contribution in [3.05, 3.63) is 28.8 Å². The first-order valence-electron chi connectivity index (χ1n) is 3.86. The molecule has 82 valence electrons. The highest BCUT2D eigenvalue weighted by Crippen LogP contribution is 2.31. The molecule has 1 rings (SSSR count). The molecular weight excluding hydrogens is 282 g/mol. The molecular formula is C9H6Cl4O2. The maximum Gasteiger partial charge on any atom is 0.363 e. The van der Waals surface area contributed by atoms with Gasteiger partial charge in [-0.2, -0.15) is 0 Å². The molecule has 0 aliphatic carbocycles. The minimum Gasteiger partial charge on any atom is -0.423 e. The number of benzene rings is 1. The van der Waals surface area contributed by atoms with Gasteiger partial charge in [-0.15, -0.1) is 0 Å². The zero-order valence-electron chi connectivity index (χ0n) is 7.56. The van der Waals surface area contributed by atoms with Crippen LogP contribution < -0.4 is 4.74 Å². The Morgan fingerprint density at radius 1 is 1.33 bits per heavy atom. The number of halogens is 4. The van der Waals surface area contributed by atoms with E-state index in [-0.39, 0.29) is 5.75 Å². The zero-order chi connectivity index (χ0) is 11.6. The molecule has 0 saturated carbocycles. The van der Waals surface area contributed by atoms with E-state index in [4.69, 9.17) is 51.1 Å². The number of esters is 1. The maximum absolute atomic E-state index is 11.2. The second-order valence-corrected chi connectivity index (χ2v) is 5.44. The van der Waals surface area contributed by atoms with Crippen LogP contribution in [0, 0.1) is 6.92 Å². The molecule has 0 saturated heterocycles. The second kappa shape index (κ2) is 4.79. The van der Waals surface area contributed by atoms with Crippen molar-refractivity contribution in [1.29, 1.82) is 0 Å². The van der Waals surface area contributed by atoms with Gasteiger partial charge in [0.05, 0.1) is 0 Å². The molecule has 0 bridgehead atoms. The van der Waals surface area contributed by atoms with Gasteiger partial charge in [0, 0.05) is 10.6 Å². The number of hydrogen-bond donors (Lipinski definition) is 0. The van der Waals surface area contributed by atoms with Crippen LogP contribution in [0.15, 0.2) is 18.2 Å². The normalized spacial score (nSPS) is 11.3. The summed E-state index contributed by atoms with van der Waals surface area (Å²) in [6.07, 6.45) is 0. The van der Waals surface area contributed by atoms with Crippen LogP contribution in [0.25, 0.3) is 0 Å². The predicted octanol–water partition coefficient (Wildman–Crippen LogP) is 3.92. The Hall–Kier alpha value is -0.150. The number of ether oxygens (including phenoxy) is 1. The summed E-state index contributed by atoms with van der Waals surface area (Å²) < 4.78 is 2.78. The monoisotopic (exact) mass is 286 g/mol. The number of hydrogen-bond acceptors (Lipinski definition) is 2. The average molecular weight is 288 g/mol. The Bertz CT molecular complexity index is 384. The van der Waals surface area contributed by atoms with Gasteiger partial charge in [0.1, 0.15) is 5.75 Å². The predicted molar refractivity (Wildman–Crippen MR) is 62.1 cm³/mol. The first kappa shape index (κ1) is 12.9. The van der Waals surface area contributed by atoms with Crippen LogP contribution in [0.3, 0.4) is 0 Å². The lowest BCUT2D eigenvalue weighted by Crippen LogP contribution is -2.25. The van der Waals surface area contributed by atoms with Crippen LogP contribution in [0.2, 0.25) is 5.02 Å². The first-order chi connectivity index (χ1) is 6.82. The van der Waals surface area contributed by atoms with E-state index >= 15 is 0 Å². The van der Waals surface area contributed by atoms with Crippen LogP contribution in [0.4, 0.5) is 0 Å². The molecule has 0 heterocycles. The molecule has 0 fully saturated rings. The standard InChI is InChI=1S/C9H6Cl4O2/c1-5-6(10)3-2-4-7(5)15-8(14)9(11,12)13/h2-4H,1H3. The second-order valence-electron chi connectivity index (χ2n) is 2.75. The summed E-state index contributed by atoms with van der Waals surface area (Å²) in [5.74, 6) is -0.684. The minimum absolute atomic E-state index is 0.277. The number of alkyl halides is 3. The Labute approximate surface area is 107 Å². The van der Waals surface area contributed by atoms with Gasteiger partial charge in [0.25, 0.3) is 3.79 Å². The van der Waals surface area contributed by atoms with Crippen molar-refractivity contribution >= 4 is 52.4 Å².